The van der Waals surface area contributed by atoms with Gasteiger partial charge in [-0.1, -0.05) is 60.7 Å². The Bertz CT molecular complexity index is 971. The van der Waals surface area contributed by atoms with E-state index in [0.29, 0.717) is 30.5 Å². The van der Waals surface area contributed by atoms with Gasteiger partial charge >= 0.3 is 0 Å². The van der Waals surface area contributed by atoms with Crippen LogP contribution in [0.2, 0.25) is 0 Å². The summed E-state index contributed by atoms with van der Waals surface area (Å²) in [4.78, 5) is 8.96. The van der Waals surface area contributed by atoms with Crippen LogP contribution in [0.25, 0.3) is 0 Å². The lowest BCUT2D eigenvalue weighted by Gasteiger charge is -2.11. The minimum atomic E-state index is 0.382. The Morgan fingerprint density at radius 2 is 1.69 bits per heavy atom. The van der Waals surface area contributed by atoms with Crippen LogP contribution in [0.1, 0.15) is 16.8 Å². The second-order valence-electron chi connectivity index (χ2n) is 6.51. The average Bonchev–Trinajstić information content (AvgIpc) is 2.76. The molecular formula is C23H25N5O. The van der Waals surface area contributed by atoms with Crippen LogP contribution in [0.5, 0.6) is 0 Å². The predicted octanol–water partition coefficient (Wildman–Crippen LogP) is 4.41. The maximum Gasteiger partial charge on any atom is 0.225 e. The minimum absolute atomic E-state index is 0.382. The molecule has 0 fully saturated rings. The highest BCUT2D eigenvalue weighted by Gasteiger charge is 2.06. The molecule has 1 aromatic heterocycles. The maximum atomic E-state index is 8.23. The van der Waals surface area contributed by atoms with Gasteiger partial charge < -0.3 is 20.8 Å². The van der Waals surface area contributed by atoms with Gasteiger partial charge in [0.15, 0.2) is 0 Å². The van der Waals surface area contributed by atoms with Crippen LogP contribution in [0.15, 0.2) is 78.6 Å². The van der Waals surface area contributed by atoms with Crippen LogP contribution >= 0.6 is 0 Å². The molecule has 6 heteroatoms. The molecule has 0 amide bonds. The molecule has 3 N–H and O–H groups in total. The predicted molar refractivity (Wildman–Crippen MR) is 117 cm³/mol. The molecule has 0 aliphatic carbocycles. The van der Waals surface area contributed by atoms with Crippen molar-refractivity contribution >= 4 is 17.5 Å². The van der Waals surface area contributed by atoms with Crippen molar-refractivity contribution in [3.05, 3.63) is 95.4 Å². The van der Waals surface area contributed by atoms with Crippen molar-refractivity contribution < 1.29 is 4.74 Å². The first kappa shape index (κ1) is 20.1. The molecule has 3 aromatic rings. The molecule has 3 rings (SSSR count). The largest absolute Gasteiger partial charge is 0.499 e. The minimum Gasteiger partial charge on any atom is -0.499 e. The highest BCUT2D eigenvalue weighted by atomic mass is 16.5. The van der Waals surface area contributed by atoms with Crippen molar-refractivity contribution in [2.45, 2.75) is 13.5 Å². The number of aromatic nitrogens is 2. The van der Waals surface area contributed by atoms with Gasteiger partial charge in [-0.25, -0.2) is 4.98 Å². The molecule has 0 saturated carbocycles. The number of allylic oxidation sites excluding steroid dienone is 1. The summed E-state index contributed by atoms with van der Waals surface area (Å²) < 4.78 is 5.42. The van der Waals surface area contributed by atoms with Gasteiger partial charge in [-0.3, -0.25) is 0 Å². The summed E-state index contributed by atoms with van der Waals surface area (Å²) in [5, 5.41) is 14.7. The van der Waals surface area contributed by atoms with Crippen LogP contribution in [0.4, 0.5) is 11.8 Å². The summed E-state index contributed by atoms with van der Waals surface area (Å²) in [6.45, 7) is 3.00. The Morgan fingerprint density at radius 1 is 1.00 bits per heavy atom. The lowest BCUT2D eigenvalue weighted by Crippen LogP contribution is -2.12. The van der Waals surface area contributed by atoms with Gasteiger partial charge in [0, 0.05) is 24.4 Å². The van der Waals surface area contributed by atoms with Crippen LogP contribution in [-0.4, -0.2) is 29.3 Å². The quantitative estimate of drug-likeness (QED) is 0.374. The molecule has 0 bridgehead atoms. The van der Waals surface area contributed by atoms with E-state index in [1.165, 1.54) is 5.56 Å². The summed E-state index contributed by atoms with van der Waals surface area (Å²) in [5.41, 5.74) is 3.27. The number of hydrogen-bond acceptors (Lipinski definition) is 6. The van der Waals surface area contributed by atoms with E-state index >= 15 is 0 Å². The number of ether oxygens (including phenoxy) is 1. The van der Waals surface area contributed by atoms with Gasteiger partial charge in [0.25, 0.3) is 0 Å². The topological polar surface area (TPSA) is 82.9 Å². The smallest absolute Gasteiger partial charge is 0.225 e. The molecule has 0 atom stereocenters. The fourth-order valence-corrected chi connectivity index (χ4v) is 2.74. The van der Waals surface area contributed by atoms with E-state index in [1.807, 2.05) is 61.5 Å². The van der Waals surface area contributed by atoms with Crippen molar-refractivity contribution in [1.29, 1.82) is 5.41 Å². The van der Waals surface area contributed by atoms with Gasteiger partial charge in [0.05, 0.1) is 19.4 Å². The van der Waals surface area contributed by atoms with Crippen LogP contribution in [0.3, 0.4) is 0 Å². The van der Waals surface area contributed by atoms with Crippen LogP contribution in [-0.2, 0) is 11.3 Å². The summed E-state index contributed by atoms with van der Waals surface area (Å²) in [6.07, 6.45) is 1.70. The molecule has 1 heterocycles. The number of hydrogen-bond donors (Lipinski definition) is 3. The first-order valence-electron chi connectivity index (χ1n) is 9.40. The van der Waals surface area contributed by atoms with Crippen molar-refractivity contribution in [3.63, 3.8) is 0 Å². The van der Waals surface area contributed by atoms with Crippen molar-refractivity contribution in [1.82, 2.24) is 9.97 Å². The molecule has 29 heavy (non-hydrogen) atoms. The van der Waals surface area contributed by atoms with Gasteiger partial charge in [-0.2, -0.15) is 4.98 Å². The monoisotopic (exact) mass is 387 g/mol. The zero-order chi connectivity index (χ0) is 20.5. The fourth-order valence-electron chi connectivity index (χ4n) is 2.74. The Hall–Kier alpha value is -3.67. The van der Waals surface area contributed by atoms with Gasteiger partial charge in [0.2, 0.25) is 5.95 Å². The first-order valence-corrected chi connectivity index (χ1v) is 9.40. The number of rotatable bonds is 9. The van der Waals surface area contributed by atoms with E-state index in [2.05, 4.69) is 32.7 Å². The second-order valence-corrected chi connectivity index (χ2v) is 6.51. The standard InChI is InChI=1S/C23H25N5O/c1-17-13-22(25-15-18-9-5-3-6-10-18)28-23(27-17)26-16-20(29-2)14-21(24)19-11-7-4-8-12-19/h3-14,24H,15-16H2,1-2H3,(H2,25,26,27,28)/b20-14-,24-21?. The zero-order valence-electron chi connectivity index (χ0n) is 16.6. The number of aryl methyl sites for hydroxylation is 1. The molecule has 6 nitrogen and oxygen atoms in total. The van der Waals surface area contributed by atoms with E-state index < -0.39 is 0 Å². The molecule has 0 radical (unpaired) electrons. The number of nitrogens with zero attached hydrogens (tertiary/aromatic N) is 2. The van der Waals surface area contributed by atoms with Crippen LogP contribution in [0, 0.1) is 12.3 Å². The first-order chi connectivity index (χ1) is 14.1. The Morgan fingerprint density at radius 3 is 2.38 bits per heavy atom. The van der Waals surface area contributed by atoms with E-state index in [9.17, 15) is 0 Å². The third-order valence-corrected chi connectivity index (χ3v) is 4.24. The summed E-state index contributed by atoms with van der Waals surface area (Å²) >= 11 is 0. The number of benzene rings is 2. The molecular weight excluding hydrogens is 362 g/mol. The average molecular weight is 387 g/mol. The normalized spacial score (nSPS) is 11.0. The molecule has 0 aliphatic rings. The van der Waals surface area contributed by atoms with Gasteiger partial charge in [-0.15, -0.1) is 0 Å². The van der Waals surface area contributed by atoms with Crippen molar-refractivity contribution in [2.24, 2.45) is 0 Å². The van der Waals surface area contributed by atoms with E-state index in [-0.39, 0.29) is 0 Å². The van der Waals surface area contributed by atoms with Gasteiger partial charge in [0.1, 0.15) is 11.6 Å². The molecule has 148 valence electrons. The van der Waals surface area contributed by atoms with E-state index in [1.54, 1.807) is 13.2 Å². The number of methoxy groups -OCH3 is 1. The molecule has 0 unspecified atom stereocenters. The molecule has 0 saturated heterocycles. The zero-order valence-corrected chi connectivity index (χ0v) is 16.6. The lowest BCUT2D eigenvalue weighted by molar-refractivity contribution is 0.290. The Kier molecular flexibility index (Phi) is 6.95. The third-order valence-electron chi connectivity index (χ3n) is 4.24. The molecule has 2 aromatic carbocycles. The fraction of sp³-hybridized carbons (Fsp3) is 0.174. The molecule has 0 aliphatic heterocycles. The highest BCUT2D eigenvalue weighted by molar-refractivity contribution is 6.06. The van der Waals surface area contributed by atoms with Gasteiger partial charge in [-0.05, 0) is 18.1 Å². The van der Waals surface area contributed by atoms with Crippen molar-refractivity contribution in [2.75, 3.05) is 24.3 Å². The second kappa shape index (κ2) is 10.0. The third kappa shape index (κ3) is 6.17. The number of anilines is 2. The van der Waals surface area contributed by atoms with E-state index in [0.717, 1.165) is 17.1 Å². The summed E-state index contributed by atoms with van der Waals surface area (Å²) in [5.74, 6) is 1.89. The lowest BCUT2D eigenvalue weighted by atomic mass is 10.1. The maximum absolute atomic E-state index is 8.23. The van der Waals surface area contributed by atoms with E-state index in [4.69, 9.17) is 10.1 Å². The van der Waals surface area contributed by atoms with Crippen LogP contribution < -0.4 is 10.6 Å². The highest BCUT2D eigenvalue weighted by Crippen LogP contribution is 2.12. The summed E-state index contributed by atoms with van der Waals surface area (Å²) in [6, 6.07) is 21.6. The Labute approximate surface area is 171 Å². The summed E-state index contributed by atoms with van der Waals surface area (Å²) in [7, 11) is 1.59. The number of nitrogens with one attached hydrogen (secondary N) is 3. The Balaban J connectivity index is 1.63. The molecule has 0 spiro atoms. The van der Waals surface area contributed by atoms with Crippen molar-refractivity contribution in [3.8, 4) is 0 Å². The SMILES string of the molecule is CO/C(=C\C(=N)c1ccccc1)CNc1nc(C)cc(NCc2ccccc2)n1.